The first-order valence-corrected chi connectivity index (χ1v) is 6.43. The average molecular weight is 266 g/mol. The molecule has 1 aliphatic rings. The lowest BCUT2D eigenvalue weighted by molar-refractivity contribution is 0.310. The van der Waals surface area contributed by atoms with Gasteiger partial charge in [0.2, 0.25) is 5.75 Å². The second kappa shape index (κ2) is 6.02. The number of hydrogen-bond acceptors (Lipinski definition) is 5. The van der Waals surface area contributed by atoms with Gasteiger partial charge in [0.1, 0.15) is 0 Å². The number of piperazine rings is 1. The Balaban J connectivity index is 2.30. The van der Waals surface area contributed by atoms with Crippen molar-refractivity contribution >= 4 is 5.69 Å². The third kappa shape index (κ3) is 2.87. The standard InChI is InChI=1S/C14H22N2O3/c1-15-5-7-16(8-6-15)11-9-12(17-2)14(19-4)13(10-11)18-3/h9-10H,5-8H2,1-4H3. The minimum Gasteiger partial charge on any atom is -0.493 e. The molecule has 1 aromatic rings. The van der Waals surface area contributed by atoms with Gasteiger partial charge in [0.05, 0.1) is 21.3 Å². The van der Waals surface area contributed by atoms with Gasteiger partial charge in [-0.15, -0.1) is 0 Å². The number of methoxy groups -OCH3 is 3. The quantitative estimate of drug-likeness (QED) is 0.824. The van der Waals surface area contributed by atoms with E-state index >= 15 is 0 Å². The van der Waals surface area contributed by atoms with Crippen LogP contribution in [0.5, 0.6) is 17.2 Å². The third-order valence-corrected chi connectivity index (χ3v) is 3.52. The van der Waals surface area contributed by atoms with E-state index in [2.05, 4.69) is 16.8 Å². The molecule has 0 aliphatic carbocycles. The Hall–Kier alpha value is -1.62. The third-order valence-electron chi connectivity index (χ3n) is 3.52. The number of hydrogen-bond donors (Lipinski definition) is 0. The van der Waals surface area contributed by atoms with Gasteiger partial charge in [0.25, 0.3) is 0 Å². The SMILES string of the molecule is COc1cc(N2CCN(C)CC2)cc(OC)c1OC. The van der Waals surface area contributed by atoms with E-state index in [-0.39, 0.29) is 0 Å². The van der Waals surface area contributed by atoms with Crippen LogP contribution in [0.3, 0.4) is 0 Å². The van der Waals surface area contributed by atoms with E-state index in [0.717, 1.165) is 31.9 Å². The second-order valence-corrected chi connectivity index (χ2v) is 4.67. The van der Waals surface area contributed by atoms with Crippen LogP contribution in [-0.4, -0.2) is 59.5 Å². The molecule has 0 unspecified atom stereocenters. The lowest BCUT2D eigenvalue weighted by Crippen LogP contribution is -2.44. The van der Waals surface area contributed by atoms with Crippen molar-refractivity contribution in [2.24, 2.45) is 0 Å². The highest BCUT2D eigenvalue weighted by molar-refractivity contribution is 5.63. The molecule has 1 saturated heterocycles. The fourth-order valence-corrected chi connectivity index (χ4v) is 2.31. The van der Waals surface area contributed by atoms with Crippen LogP contribution < -0.4 is 19.1 Å². The minimum absolute atomic E-state index is 0.642. The minimum atomic E-state index is 0.642. The molecule has 0 aromatic heterocycles. The fraction of sp³-hybridized carbons (Fsp3) is 0.571. The number of rotatable bonds is 4. The molecule has 5 heteroatoms. The molecular weight excluding hydrogens is 244 g/mol. The largest absolute Gasteiger partial charge is 0.493 e. The van der Waals surface area contributed by atoms with Crippen molar-refractivity contribution in [2.75, 3.05) is 59.5 Å². The van der Waals surface area contributed by atoms with Crippen molar-refractivity contribution in [3.63, 3.8) is 0 Å². The van der Waals surface area contributed by atoms with Gasteiger partial charge in [-0.25, -0.2) is 0 Å². The monoisotopic (exact) mass is 266 g/mol. The summed E-state index contributed by atoms with van der Waals surface area (Å²) in [6.07, 6.45) is 0. The molecule has 0 bridgehead atoms. The van der Waals surface area contributed by atoms with Crippen molar-refractivity contribution in [1.82, 2.24) is 4.90 Å². The number of likely N-dealkylation sites (N-methyl/N-ethyl adjacent to an activating group) is 1. The lowest BCUT2D eigenvalue weighted by atomic mass is 10.2. The Labute approximate surface area is 114 Å². The molecule has 1 aliphatic heterocycles. The first-order chi connectivity index (χ1) is 9.19. The molecule has 1 heterocycles. The maximum atomic E-state index is 5.39. The average Bonchev–Trinajstić information content (AvgIpc) is 2.46. The van der Waals surface area contributed by atoms with Gasteiger partial charge in [0, 0.05) is 44.0 Å². The Morgan fingerprint density at radius 3 is 1.79 bits per heavy atom. The van der Waals surface area contributed by atoms with Crippen LogP contribution in [0.2, 0.25) is 0 Å². The summed E-state index contributed by atoms with van der Waals surface area (Å²) in [5.74, 6) is 2.05. The van der Waals surface area contributed by atoms with Crippen LogP contribution in [0.1, 0.15) is 0 Å². The summed E-state index contributed by atoms with van der Waals surface area (Å²) >= 11 is 0. The number of anilines is 1. The molecule has 0 spiro atoms. The van der Waals surface area contributed by atoms with Crippen LogP contribution in [0.15, 0.2) is 12.1 Å². The molecule has 0 atom stereocenters. The molecule has 19 heavy (non-hydrogen) atoms. The molecule has 2 rings (SSSR count). The van der Waals surface area contributed by atoms with Gasteiger partial charge in [-0.1, -0.05) is 0 Å². The highest BCUT2D eigenvalue weighted by Crippen LogP contribution is 2.41. The number of nitrogens with zero attached hydrogens (tertiary/aromatic N) is 2. The zero-order chi connectivity index (χ0) is 13.8. The molecule has 0 radical (unpaired) electrons. The number of ether oxygens (including phenoxy) is 3. The Kier molecular flexibility index (Phi) is 4.37. The van der Waals surface area contributed by atoms with Crippen molar-refractivity contribution in [2.45, 2.75) is 0 Å². The maximum Gasteiger partial charge on any atom is 0.203 e. The van der Waals surface area contributed by atoms with E-state index in [1.165, 1.54) is 0 Å². The molecule has 106 valence electrons. The summed E-state index contributed by atoms with van der Waals surface area (Å²) in [7, 11) is 7.05. The van der Waals surface area contributed by atoms with E-state index in [1.54, 1.807) is 21.3 Å². The topological polar surface area (TPSA) is 34.2 Å². The zero-order valence-electron chi connectivity index (χ0n) is 12.1. The Bertz CT molecular complexity index is 404. The van der Waals surface area contributed by atoms with Gasteiger partial charge in [-0.2, -0.15) is 0 Å². The summed E-state index contributed by atoms with van der Waals surface area (Å²) in [6.45, 7) is 4.15. The smallest absolute Gasteiger partial charge is 0.203 e. The molecule has 5 nitrogen and oxygen atoms in total. The summed E-state index contributed by atoms with van der Waals surface area (Å²) in [6, 6.07) is 4.01. The first-order valence-electron chi connectivity index (χ1n) is 6.43. The number of benzene rings is 1. The van der Waals surface area contributed by atoms with Crippen molar-refractivity contribution in [3.05, 3.63) is 12.1 Å². The summed E-state index contributed by atoms with van der Waals surface area (Å²) in [4.78, 5) is 4.67. The molecule has 0 N–H and O–H groups in total. The van der Waals surface area contributed by atoms with Gasteiger partial charge in [0.15, 0.2) is 11.5 Å². The van der Waals surface area contributed by atoms with Crippen LogP contribution in [0, 0.1) is 0 Å². The van der Waals surface area contributed by atoms with Crippen molar-refractivity contribution < 1.29 is 14.2 Å². The Morgan fingerprint density at radius 2 is 1.37 bits per heavy atom. The van der Waals surface area contributed by atoms with E-state index in [0.29, 0.717) is 17.2 Å². The zero-order valence-corrected chi connectivity index (χ0v) is 12.1. The van der Waals surface area contributed by atoms with Crippen LogP contribution in [0.25, 0.3) is 0 Å². The van der Waals surface area contributed by atoms with E-state index < -0.39 is 0 Å². The predicted octanol–water partition coefficient (Wildman–Crippen LogP) is 1.46. The van der Waals surface area contributed by atoms with E-state index in [1.807, 2.05) is 12.1 Å². The second-order valence-electron chi connectivity index (χ2n) is 4.67. The molecule has 1 aromatic carbocycles. The highest BCUT2D eigenvalue weighted by atomic mass is 16.5. The van der Waals surface area contributed by atoms with Crippen molar-refractivity contribution in [3.8, 4) is 17.2 Å². The summed E-state index contributed by atoms with van der Waals surface area (Å²) < 4.78 is 16.1. The predicted molar refractivity (Wildman–Crippen MR) is 75.8 cm³/mol. The van der Waals surface area contributed by atoms with Gasteiger partial charge in [-0.3, -0.25) is 0 Å². The van der Waals surface area contributed by atoms with Gasteiger partial charge < -0.3 is 24.0 Å². The fourth-order valence-electron chi connectivity index (χ4n) is 2.31. The van der Waals surface area contributed by atoms with Crippen LogP contribution in [0.4, 0.5) is 5.69 Å². The van der Waals surface area contributed by atoms with E-state index in [4.69, 9.17) is 14.2 Å². The normalized spacial score (nSPS) is 16.3. The van der Waals surface area contributed by atoms with Crippen LogP contribution >= 0.6 is 0 Å². The highest BCUT2D eigenvalue weighted by Gasteiger charge is 2.19. The van der Waals surface area contributed by atoms with Gasteiger partial charge >= 0.3 is 0 Å². The molecule has 0 amide bonds. The van der Waals surface area contributed by atoms with Crippen molar-refractivity contribution in [1.29, 1.82) is 0 Å². The van der Waals surface area contributed by atoms with Crippen LogP contribution in [-0.2, 0) is 0 Å². The molecule has 1 fully saturated rings. The van der Waals surface area contributed by atoms with Gasteiger partial charge in [-0.05, 0) is 7.05 Å². The van der Waals surface area contributed by atoms with E-state index in [9.17, 15) is 0 Å². The summed E-state index contributed by atoms with van der Waals surface area (Å²) in [5, 5.41) is 0. The first kappa shape index (κ1) is 13.8. The molecule has 0 saturated carbocycles. The molecular formula is C14H22N2O3. The lowest BCUT2D eigenvalue weighted by Gasteiger charge is -2.34. The summed E-state index contributed by atoms with van der Waals surface area (Å²) in [5.41, 5.74) is 1.11. The maximum absolute atomic E-state index is 5.39. The Morgan fingerprint density at radius 1 is 0.842 bits per heavy atom.